The molecule has 2 nitrogen and oxygen atoms in total. The Bertz CT molecular complexity index is 2080. The Morgan fingerprint density at radius 2 is 0.978 bits per heavy atom. The smallest absolute Gasteiger partial charge is 0.193 e. The largest absolute Gasteiger partial charge is 0.457 e. The van der Waals surface area contributed by atoms with Crippen LogP contribution in [0.1, 0.15) is 62.1 Å². The first-order valence-corrected chi connectivity index (χ1v) is 15.0. The Morgan fingerprint density at radius 3 is 1.50 bits per heavy atom. The summed E-state index contributed by atoms with van der Waals surface area (Å²) in [4.78, 5) is 13.3. The van der Waals surface area contributed by atoms with Gasteiger partial charge in [0, 0.05) is 45.4 Å². The van der Waals surface area contributed by atoms with Gasteiger partial charge in [0.05, 0.1) is 0 Å². The van der Waals surface area contributed by atoms with Crippen LogP contribution >= 0.6 is 0 Å². The SMILES string of the molecule is CC(c1ccc(C#Cc2ccccc2)cc1)c1ccc(C(=O)c2cc(F)cc(Oc3ccc(C#Cc4ccccc4)cc3)c2)cc1. The molecule has 0 amide bonds. The van der Waals surface area contributed by atoms with Crippen LogP contribution < -0.4 is 4.74 Å². The van der Waals surface area contributed by atoms with E-state index in [9.17, 15) is 9.18 Å². The van der Waals surface area contributed by atoms with E-state index < -0.39 is 5.82 Å². The van der Waals surface area contributed by atoms with Crippen LogP contribution in [-0.4, -0.2) is 5.78 Å². The van der Waals surface area contributed by atoms with Gasteiger partial charge in [0.25, 0.3) is 0 Å². The minimum Gasteiger partial charge on any atom is -0.457 e. The Labute approximate surface area is 269 Å². The van der Waals surface area contributed by atoms with Crippen LogP contribution in [0.3, 0.4) is 0 Å². The number of carbonyl (C=O) groups excluding carboxylic acids is 1. The lowest BCUT2D eigenvalue weighted by atomic mass is 9.91. The van der Waals surface area contributed by atoms with Crippen molar-refractivity contribution in [3.63, 3.8) is 0 Å². The standard InChI is InChI=1S/C43H29FO2/c1-31(36-20-16-34(17-21-36)14-12-32-8-4-2-5-9-32)37-22-24-38(25-23-37)43(45)39-28-40(44)30-42(29-39)46-41-26-18-35(19-27-41)15-13-33-10-6-3-7-11-33/h2-11,16-31H,1H3. The molecule has 6 aromatic carbocycles. The maximum absolute atomic E-state index is 14.6. The van der Waals surface area contributed by atoms with Crippen molar-refractivity contribution in [3.05, 3.63) is 202 Å². The molecule has 0 aromatic heterocycles. The van der Waals surface area contributed by atoms with E-state index in [1.807, 2.05) is 97.1 Å². The van der Waals surface area contributed by atoms with Gasteiger partial charge in [0.1, 0.15) is 17.3 Å². The second-order valence-corrected chi connectivity index (χ2v) is 10.8. The molecule has 1 unspecified atom stereocenters. The third-order valence-corrected chi connectivity index (χ3v) is 7.56. The molecule has 220 valence electrons. The van der Waals surface area contributed by atoms with E-state index >= 15 is 0 Å². The highest BCUT2D eigenvalue weighted by Gasteiger charge is 2.15. The molecule has 0 spiro atoms. The second kappa shape index (κ2) is 14.1. The monoisotopic (exact) mass is 596 g/mol. The van der Waals surface area contributed by atoms with Gasteiger partial charge >= 0.3 is 0 Å². The van der Waals surface area contributed by atoms with Crippen LogP contribution in [0.4, 0.5) is 4.39 Å². The lowest BCUT2D eigenvalue weighted by molar-refractivity contribution is 0.103. The molecule has 1 atom stereocenters. The topological polar surface area (TPSA) is 26.3 Å². The first-order valence-electron chi connectivity index (χ1n) is 15.0. The predicted molar refractivity (Wildman–Crippen MR) is 182 cm³/mol. The van der Waals surface area contributed by atoms with Gasteiger partial charge in [-0.05, 0) is 83.9 Å². The van der Waals surface area contributed by atoms with Crippen molar-refractivity contribution in [3.8, 4) is 35.2 Å². The fourth-order valence-electron chi connectivity index (χ4n) is 4.96. The van der Waals surface area contributed by atoms with Crippen molar-refractivity contribution in [2.24, 2.45) is 0 Å². The van der Waals surface area contributed by atoms with Gasteiger partial charge in [0.15, 0.2) is 5.78 Å². The van der Waals surface area contributed by atoms with Crippen molar-refractivity contribution in [2.45, 2.75) is 12.8 Å². The number of halogens is 1. The summed E-state index contributed by atoms with van der Waals surface area (Å²) in [5, 5.41) is 0. The van der Waals surface area contributed by atoms with E-state index in [4.69, 9.17) is 4.74 Å². The average Bonchev–Trinajstić information content (AvgIpc) is 3.11. The maximum atomic E-state index is 14.6. The molecule has 6 aromatic rings. The highest BCUT2D eigenvalue weighted by Crippen LogP contribution is 2.27. The zero-order valence-corrected chi connectivity index (χ0v) is 25.2. The number of carbonyl (C=O) groups is 1. The lowest BCUT2D eigenvalue weighted by Gasteiger charge is -2.13. The molecule has 0 aliphatic heterocycles. The summed E-state index contributed by atoms with van der Waals surface area (Å²) in [6.07, 6.45) is 0. The van der Waals surface area contributed by atoms with Gasteiger partial charge < -0.3 is 4.74 Å². The third-order valence-electron chi connectivity index (χ3n) is 7.56. The van der Waals surface area contributed by atoms with Gasteiger partial charge in [-0.3, -0.25) is 4.79 Å². The molecule has 0 saturated carbocycles. The highest BCUT2D eigenvalue weighted by atomic mass is 19.1. The number of hydrogen-bond acceptors (Lipinski definition) is 2. The molecule has 6 rings (SSSR count). The van der Waals surface area contributed by atoms with Crippen molar-refractivity contribution in [1.82, 2.24) is 0 Å². The summed E-state index contributed by atoms with van der Waals surface area (Å²) >= 11 is 0. The van der Waals surface area contributed by atoms with Gasteiger partial charge in [-0.15, -0.1) is 0 Å². The first kappa shape index (κ1) is 29.9. The van der Waals surface area contributed by atoms with Crippen molar-refractivity contribution in [2.75, 3.05) is 0 Å². The first-order chi connectivity index (χ1) is 22.5. The molecular weight excluding hydrogens is 567 g/mol. The maximum Gasteiger partial charge on any atom is 0.193 e. The quantitative estimate of drug-likeness (QED) is 0.141. The van der Waals surface area contributed by atoms with Crippen LogP contribution in [-0.2, 0) is 0 Å². The van der Waals surface area contributed by atoms with Gasteiger partial charge in [-0.2, -0.15) is 0 Å². The van der Waals surface area contributed by atoms with E-state index in [2.05, 4.69) is 42.7 Å². The van der Waals surface area contributed by atoms with Gasteiger partial charge in [-0.1, -0.05) is 103 Å². The molecule has 0 aliphatic carbocycles. The summed E-state index contributed by atoms with van der Waals surface area (Å²) in [6, 6.07) is 46.6. The number of ketones is 1. The number of rotatable bonds is 6. The van der Waals surface area contributed by atoms with Crippen LogP contribution in [0.25, 0.3) is 0 Å². The summed E-state index contributed by atoms with van der Waals surface area (Å²) in [7, 11) is 0. The van der Waals surface area contributed by atoms with Crippen LogP contribution in [0.15, 0.2) is 152 Å². The Kier molecular flexibility index (Phi) is 9.15. The molecule has 0 N–H and O–H groups in total. The molecule has 0 fully saturated rings. The zero-order chi connectivity index (χ0) is 31.7. The molecule has 0 heterocycles. The fourth-order valence-corrected chi connectivity index (χ4v) is 4.96. The minimum absolute atomic E-state index is 0.116. The summed E-state index contributed by atoms with van der Waals surface area (Å²) < 4.78 is 20.5. The molecule has 46 heavy (non-hydrogen) atoms. The third kappa shape index (κ3) is 7.67. The van der Waals surface area contributed by atoms with Gasteiger partial charge in [0.2, 0.25) is 0 Å². The summed E-state index contributed by atoms with van der Waals surface area (Å²) in [6.45, 7) is 2.13. The van der Waals surface area contributed by atoms with E-state index in [1.165, 1.54) is 12.1 Å². The molecular formula is C43H29FO2. The predicted octanol–water partition coefficient (Wildman–Crippen LogP) is 9.80. The van der Waals surface area contributed by atoms with E-state index in [1.54, 1.807) is 30.3 Å². The van der Waals surface area contributed by atoms with E-state index in [0.717, 1.165) is 33.4 Å². The Hall–Kier alpha value is -6.16. The molecule has 0 aliphatic rings. The molecule has 0 saturated heterocycles. The average molecular weight is 597 g/mol. The molecule has 0 radical (unpaired) electrons. The van der Waals surface area contributed by atoms with Gasteiger partial charge in [-0.25, -0.2) is 4.39 Å². The zero-order valence-electron chi connectivity index (χ0n) is 25.2. The lowest BCUT2D eigenvalue weighted by Crippen LogP contribution is -2.04. The van der Waals surface area contributed by atoms with Crippen molar-refractivity contribution >= 4 is 5.78 Å². The normalized spacial score (nSPS) is 10.9. The Morgan fingerprint density at radius 1 is 0.522 bits per heavy atom. The number of ether oxygens (including phenoxy) is 1. The van der Waals surface area contributed by atoms with E-state index in [-0.39, 0.29) is 23.0 Å². The second-order valence-electron chi connectivity index (χ2n) is 10.8. The number of benzene rings is 6. The summed E-state index contributed by atoms with van der Waals surface area (Å²) in [5.74, 6) is 12.7. The van der Waals surface area contributed by atoms with Crippen LogP contribution in [0.2, 0.25) is 0 Å². The van der Waals surface area contributed by atoms with Crippen LogP contribution in [0.5, 0.6) is 11.5 Å². The highest BCUT2D eigenvalue weighted by molar-refractivity contribution is 6.09. The summed E-state index contributed by atoms with van der Waals surface area (Å²) in [5.41, 5.74) is 6.59. The van der Waals surface area contributed by atoms with E-state index in [0.29, 0.717) is 11.3 Å². The van der Waals surface area contributed by atoms with Crippen LogP contribution in [0, 0.1) is 29.5 Å². The molecule has 0 bridgehead atoms. The van der Waals surface area contributed by atoms with Crippen molar-refractivity contribution in [1.29, 1.82) is 0 Å². The fraction of sp³-hybridized carbons (Fsp3) is 0.0465. The Balaban J connectivity index is 1.11. The number of hydrogen-bond donors (Lipinski definition) is 0. The van der Waals surface area contributed by atoms with Crippen molar-refractivity contribution < 1.29 is 13.9 Å². The molecule has 3 heteroatoms. The minimum atomic E-state index is -0.548.